The Morgan fingerprint density at radius 1 is 1.56 bits per heavy atom. The quantitative estimate of drug-likeness (QED) is 0.828. The van der Waals surface area contributed by atoms with Gasteiger partial charge in [0.25, 0.3) is 15.2 Å². The summed E-state index contributed by atoms with van der Waals surface area (Å²) < 4.78 is 25.9. The number of aromatic nitrogens is 3. The Balaban J connectivity index is 2.19. The lowest BCUT2D eigenvalue weighted by molar-refractivity contribution is 0.0236. The molecule has 102 valence electrons. The Bertz CT molecular complexity index is 536. The SMILES string of the molecule is CC(C)(O)[C@H]1CCN(S(=O)(=O)c2nc(Br)n[nH]2)C1. The first-order valence-electron chi connectivity index (χ1n) is 5.51. The van der Waals surface area contributed by atoms with E-state index in [-0.39, 0.29) is 15.8 Å². The van der Waals surface area contributed by atoms with Crippen molar-refractivity contribution in [3.63, 3.8) is 0 Å². The van der Waals surface area contributed by atoms with Crippen LogP contribution in [0.3, 0.4) is 0 Å². The van der Waals surface area contributed by atoms with Crippen LogP contribution in [0.2, 0.25) is 0 Å². The van der Waals surface area contributed by atoms with E-state index in [0.717, 1.165) is 0 Å². The fourth-order valence-corrected chi connectivity index (χ4v) is 3.70. The zero-order valence-corrected chi connectivity index (χ0v) is 12.5. The first kappa shape index (κ1) is 13.9. The number of halogens is 1. The molecule has 1 aliphatic heterocycles. The van der Waals surface area contributed by atoms with Crippen molar-refractivity contribution in [2.75, 3.05) is 13.1 Å². The number of hydrogen-bond donors (Lipinski definition) is 2. The Morgan fingerprint density at radius 3 is 2.67 bits per heavy atom. The molecule has 0 bridgehead atoms. The molecule has 7 nitrogen and oxygen atoms in total. The zero-order valence-electron chi connectivity index (χ0n) is 10.1. The van der Waals surface area contributed by atoms with E-state index in [2.05, 4.69) is 31.1 Å². The highest BCUT2D eigenvalue weighted by atomic mass is 79.9. The molecule has 0 aromatic carbocycles. The van der Waals surface area contributed by atoms with Crippen LogP contribution in [0.5, 0.6) is 0 Å². The van der Waals surface area contributed by atoms with Gasteiger partial charge in [0.1, 0.15) is 0 Å². The van der Waals surface area contributed by atoms with Gasteiger partial charge in [0.15, 0.2) is 0 Å². The Morgan fingerprint density at radius 2 is 2.22 bits per heavy atom. The zero-order chi connectivity index (χ0) is 13.6. The minimum absolute atomic E-state index is 0.0707. The molecule has 0 aliphatic carbocycles. The van der Waals surface area contributed by atoms with Crippen LogP contribution in [0.1, 0.15) is 20.3 Å². The van der Waals surface area contributed by atoms with Crippen LogP contribution < -0.4 is 0 Å². The second-order valence-electron chi connectivity index (χ2n) is 4.91. The predicted molar refractivity (Wildman–Crippen MR) is 67.2 cm³/mol. The number of hydrogen-bond acceptors (Lipinski definition) is 5. The van der Waals surface area contributed by atoms with Gasteiger partial charge in [0.05, 0.1) is 5.60 Å². The molecule has 1 aromatic rings. The molecule has 2 heterocycles. The normalized spacial score (nSPS) is 22.6. The van der Waals surface area contributed by atoms with Gasteiger partial charge in [-0.25, -0.2) is 13.5 Å². The van der Waals surface area contributed by atoms with Crippen LogP contribution in [0.25, 0.3) is 0 Å². The highest BCUT2D eigenvalue weighted by Gasteiger charge is 2.40. The summed E-state index contributed by atoms with van der Waals surface area (Å²) in [6.07, 6.45) is 0.637. The van der Waals surface area contributed by atoms with Gasteiger partial charge >= 0.3 is 0 Å². The molecule has 1 saturated heterocycles. The van der Waals surface area contributed by atoms with Gasteiger partial charge in [-0.2, -0.15) is 9.29 Å². The third-order valence-electron chi connectivity index (χ3n) is 3.17. The lowest BCUT2D eigenvalue weighted by atomic mass is 9.91. The second kappa shape index (κ2) is 4.55. The lowest BCUT2D eigenvalue weighted by Gasteiger charge is -2.25. The van der Waals surface area contributed by atoms with Crippen molar-refractivity contribution in [2.45, 2.75) is 31.0 Å². The molecular formula is C9H15BrN4O3S. The number of aliphatic hydroxyl groups is 1. The molecule has 18 heavy (non-hydrogen) atoms. The second-order valence-corrected chi connectivity index (χ2v) is 7.47. The van der Waals surface area contributed by atoms with Crippen molar-refractivity contribution < 1.29 is 13.5 Å². The number of rotatable bonds is 3. The van der Waals surface area contributed by atoms with Gasteiger partial charge in [-0.1, -0.05) is 0 Å². The predicted octanol–water partition coefficient (Wildman–Crippen LogP) is 0.349. The molecule has 0 saturated carbocycles. The van der Waals surface area contributed by atoms with Crippen LogP contribution in [0, 0.1) is 5.92 Å². The summed E-state index contributed by atoms with van der Waals surface area (Å²) >= 11 is 3.00. The molecule has 2 rings (SSSR count). The number of H-pyrrole nitrogens is 1. The number of aromatic amines is 1. The molecule has 9 heteroatoms. The monoisotopic (exact) mass is 338 g/mol. The summed E-state index contributed by atoms with van der Waals surface area (Å²) in [5.74, 6) is -0.0707. The van der Waals surface area contributed by atoms with Crippen molar-refractivity contribution in [1.82, 2.24) is 19.5 Å². The van der Waals surface area contributed by atoms with Crippen molar-refractivity contribution >= 4 is 26.0 Å². The summed E-state index contributed by atoms with van der Waals surface area (Å²) in [6, 6.07) is 0. The molecule has 1 atom stereocenters. The minimum atomic E-state index is -3.65. The average Bonchev–Trinajstić information content (AvgIpc) is 2.83. The van der Waals surface area contributed by atoms with Gasteiger partial charge in [-0.3, -0.25) is 0 Å². The standard InChI is InChI=1S/C9H15BrN4O3S/c1-9(2,15)6-3-4-14(5-6)18(16,17)8-11-7(10)12-13-8/h6,15H,3-5H2,1-2H3,(H,11,12,13)/t6-/m0/s1. The van der Waals surface area contributed by atoms with Crippen LogP contribution in [-0.2, 0) is 10.0 Å². The van der Waals surface area contributed by atoms with E-state index >= 15 is 0 Å². The van der Waals surface area contributed by atoms with Crippen molar-refractivity contribution in [1.29, 1.82) is 0 Å². The molecule has 1 aromatic heterocycles. The third-order valence-corrected chi connectivity index (χ3v) is 5.21. The first-order chi connectivity index (χ1) is 8.21. The van der Waals surface area contributed by atoms with E-state index in [4.69, 9.17) is 0 Å². The maximum Gasteiger partial charge on any atom is 0.278 e. The van der Waals surface area contributed by atoms with Gasteiger partial charge in [-0.15, -0.1) is 5.10 Å². The van der Waals surface area contributed by atoms with E-state index in [9.17, 15) is 13.5 Å². The highest BCUT2D eigenvalue weighted by molar-refractivity contribution is 9.10. The van der Waals surface area contributed by atoms with Gasteiger partial charge in [0, 0.05) is 19.0 Å². The van der Waals surface area contributed by atoms with Crippen molar-refractivity contribution in [3.05, 3.63) is 4.73 Å². The van der Waals surface area contributed by atoms with E-state index in [0.29, 0.717) is 19.5 Å². The van der Waals surface area contributed by atoms with Crippen LogP contribution in [0.4, 0.5) is 0 Å². The molecule has 2 N–H and O–H groups in total. The van der Waals surface area contributed by atoms with E-state index < -0.39 is 15.6 Å². The Kier molecular flexibility index (Phi) is 3.52. The first-order valence-corrected chi connectivity index (χ1v) is 7.75. The fraction of sp³-hybridized carbons (Fsp3) is 0.778. The Hall–Kier alpha value is -0.510. The maximum atomic E-state index is 12.2. The van der Waals surface area contributed by atoms with Crippen LogP contribution in [0.15, 0.2) is 9.89 Å². The molecule has 0 spiro atoms. The smallest absolute Gasteiger partial charge is 0.278 e. The van der Waals surface area contributed by atoms with E-state index in [1.165, 1.54) is 4.31 Å². The molecular weight excluding hydrogens is 324 g/mol. The average molecular weight is 339 g/mol. The van der Waals surface area contributed by atoms with Gasteiger partial charge in [-0.05, 0) is 36.2 Å². The summed E-state index contributed by atoms with van der Waals surface area (Å²) in [4.78, 5) is 3.77. The van der Waals surface area contributed by atoms with E-state index in [1.807, 2.05) is 0 Å². The number of sulfonamides is 1. The molecule has 0 amide bonds. The minimum Gasteiger partial charge on any atom is -0.390 e. The fourth-order valence-electron chi connectivity index (χ4n) is 1.99. The Labute approximate surface area is 114 Å². The topological polar surface area (TPSA) is 99.2 Å². The summed E-state index contributed by atoms with van der Waals surface area (Å²) in [5.41, 5.74) is -0.883. The largest absolute Gasteiger partial charge is 0.390 e. The van der Waals surface area contributed by atoms with Crippen LogP contribution in [-0.4, -0.2) is 51.7 Å². The van der Waals surface area contributed by atoms with Crippen molar-refractivity contribution in [3.8, 4) is 0 Å². The molecule has 0 unspecified atom stereocenters. The van der Waals surface area contributed by atoms with Gasteiger partial charge < -0.3 is 5.11 Å². The third kappa shape index (κ3) is 2.58. The summed E-state index contributed by atoms with van der Waals surface area (Å²) in [5, 5.41) is 15.8. The van der Waals surface area contributed by atoms with E-state index in [1.54, 1.807) is 13.8 Å². The van der Waals surface area contributed by atoms with Crippen molar-refractivity contribution in [2.24, 2.45) is 5.92 Å². The summed E-state index contributed by atoms with van der Waals surface area (Å²) in [6.45, 7) is 4.07. The molecule has 1 aliphatic rings. The summed E-state index contributed by atoms with van der Waals surface area (Å²) in [7, 11) is -3.65. The van der Waals surface area contributed by atoms with Gasteiger partial charge in [0.2, 0.25) is 4.73 Å². The highest BCUT2D eigenvalue weighted by Crippen LogP contribution is 2.30. The molecule has 1 fully saturated rings. The number of nitrogens with one attached hydrogen (secondary N) is 1. The maximum absolute atomic E-state index is 12.2. The lowest BCUT2D eigenvalue weighted by Crippen LogP contribution is -2.35. The number of nitrogens with zero attached hydrogens (tertiary/aromatic N) is 3. The molecule has 0 radical (unpaired) electrons. The van der Waals surface area contributed by atoms with Crippen LogP contribution >= 0.6 is 15.9 Å².